The highest BCUT2D eigenvalue weighted by molar-refractivity contribution is 6.37. The van der Waals surface area contributed by atoms with Gasteiger partial charge >= 0.3 is 0 Å². The number of hydrogen-bond donors (Lipinski definition) is 0. The summed E-state index contributed by atoms with van der Waals surface area (Å²) >= 11 is 12.4. The van der Waals surface area contributed by atoms with E-state index in [0.29, 0.717) is 38.1 Å². The second-order valence-corrected chi connectivity index (χ2v) is 7.46. The van der Waals surface area contributed by atoms with Gasteiger partial charge in [-0.1, -0.05) is 41.4 Å². The van der Waals surface area contributed by atoms with Crippen LogP contribution in [0.25, 0.3) is 11.3 Å². The molecule has 1 aliphatic carbocycles. The number of nitrogens with zero attached hydrogens (tertiary/aromatic N) is 2. The standard InChI is InChI=1S/C22H16Cl2N2O2/c1-25-12-16-20(21(25)15-9-8-13(23)10-17(15)24)19(27)11-18(22(16)28)26(2)14-6-4-3-5-7-14/h3-12H,1-2H3. The molecule has 6 heteroatoms. The first-order valence-corrected chi connectivity index (χ1v) is 9.38. The van der Waals surface area contributed by atoms with Crippen LogP contribution in [0.1, 0.15) is 20.7 Å². The molecule has 0 spiro atoms. The number of aryl methyl sites for hydroxylation is 1. The van der Waals surface area contributed by atoms with E-state index in [2.05, 4.69) is 0 Å². The molecule has 4 nitrogen and oxygen atoms in total. The van der Waals surface area contributed by atoms with Crippen LogP contribution in [0.15, 0.2) is 66.5 Å². The summed E-state index contributed by atoms with van der Waals surface area (Å²) in [6.07, 6.45) is 3.08. The maximum absolute atomic E-state index is 13.2. The Kier molecular flexibility index (Phi) is 4.61. The summed E-state index contributed by atoms with van der Waals surface area (Å²) in [5.74, 6) is -0.429. The molecule has 140 valence electrons. The average molecular weight is 411 g/mol. The van der Waals surface area contributed by atoms with Crippen LogP contribution in [-0.4, -0.2) is 23.2 Å². The normalized spacial score (nSPS) is 13.4. The highest BCUT2D eigenvalue weighted by atomic mass is 35.5. The number of allylic oxidation sites excluding steroid dienone is 2. The molecule has 4 rings (SSSR count). The third-order valence-electron chi connectivity index (χ3n) is 4.86. The van der Waals surface area contributed by atoms with Crippen molar-refractivity contribution in [1.29, 1.82) is 0 Å². The molecule has 1 aromatic heterocycles. The minimum absolute atomic E-state index is 0.201. The van der Waals surface area contributed by atoms with E-state index in [-0.39, 0.29) is 11.6 Å². The maximum Gasteiger partial charge on any atom is 0.211 e. The van der Waals surface area contributed by atoms with E-state index >= 15 is 0 Å². The number of carbonyl (C=O) groups is 2. The van der Waals surface area contributed by atoms with Crippen LogP contribution in [0.3, 0.4) is 0 Å². The van der Waals surface area contributed by atoms with Crippen molar-refractivity contribution in [2.24, 2.45) is 7.05 Å². The number of aromatic nitrogens is 1. The Morgan fingerprint density at radius 1 is 0.964 bits per heavy atom. The first-order chi connectivity index (χ1) is 13.4. The van der Waals surface area contributed by atoms with Crippen LogP contribution in [0.4, 0.5) is 5.69 Å². The third kappa shape index (κ3) is 2.95. The van der Waals surface area contributed by atoms with Crippen LogP contribution >= 0.6 is 23.2 Å². The zero-order valence-corrected chi connectivity index (χ0v) is 16.8. The number of hydrogen-bond acceptors (Lipinski definition) is 3. The van der Waals surface area contributed by atoms with E-state index in [9.17, 15) is 9.59 Å². The fraction of sp³-hybridized carbons (Fsp3) is 0.0909. The quantitative estimate of drug-likeness (QED) is 0.580. The molecular formula is C22H16Cl2N2O2. The first-order valence-electron chi connectivity index (χ1n) is 8.62. The predicted octanol–water partition coefficient (Wildman–Crippen LogP) is 5.40. The zero-order valence-electron chi connectivity index (χ0n) is 15.2. The molecule has 0 N–H and O–H groups in total. The largest absolute Gasteiger partial charge is 0.349 e. The summed E-state index contributed by atoms with van der Waals surface area (Å²) in [5, 5.41) is 0.929. The van der Waals surface area contributed by atoms with E-state index in [1.807, 2.05) is 30.3 Å². The number of ketones is 2. The summed E-state index contributed by atoms with van der Waals surface area (Å²) in [4.78, 5) is 27.9. The smallest absolute Gasteiger partial charge is 0.211 e. The molecule has 0 saturated carbocycles. The zero-order chi connectivity index (χ0) is 20.0. The number of halogens is 2. The molecule has 0 unspecified atom stereocenters. The lowest BCUT2D eigenvalue weighted by atomic mass is 9.92. The second-order valence-electron chi connectivity index (χ2n) is 6.62. The Morgan fingerprint density at radius 3 is 2.36 bits per heavy atom. The summed E-state index contributed by atoms with van der Waals surface area (Å²) in [5.41, 5.74) is 3.16. The molecule has 0 atom stereocenters. The molecule has 1 heterocycles. The number of Topliss-reactive ketones (excluding diaryl/α,β-unsaturated/α-hetero) is 1. The van der Waals surface area contributed by atoms with Gasteiger partial charge in [0.2, 0.25) is 5.78 Å². The number of anilines is 1. The van der Waals surface area contributed by atoms with Gasteiger partial charge in [-0.15, -0.1) is 0 Å². The SMILES string of the molecule is CN(C1=CC(=O)c2c(cn(C)c2-c2ccc(Cl)cc2Cl)C1=O)c1ccccc1. The lowest BCUT2D eigenvalue weighted by Gasteiger charge is -2.24. The maximum atomic E-state index is 13.2. The monoisotopic (exact) mass is 410 g/mol. The van der Waals surface area contributed by atoms with Gasteiger partial charge in [0.15, 0.2) is 5.78 Å². The Morgan fingerprint density at radius 2 is 1.68 bits per heavy atom. The van der Waals surface area contributed by atoms with Crippen LogP contribution in [0.2, 0.25) is 10.0 Å². The number of fused-ring (bicyclic) bond motifs is 1. The summed E-state index contributed by atoms with van der Waals surface area (Å²) in [6, 6.07) is 14.5. The fourth-order valence-corrected chi connectivity index (χ4v) is 3.99. The Balaban J connectivity index is 1.83. The highest BCUT2D eigenvalue weighted by Crippen LogP contribution is 2.38. The van der Waals surface area contributed by atoms with Crippen LogP contribution in [0, 0.1) is 0 Å². The van der Waals surface area contributed by atoms with Gasteiger partial charge in [-0.05, 0) is 30.3 Å². The van der Waals surface area contributed by atoms with Crippen molar-refractivity contribution in [1.82, 2.24) is 4.57 Å². The van der Waals surface area contributed by atoms with Gasteiger partial charge in [-0.2, -0.15) is 0 Å². The Bertz CT molecular complexity index is 1150. The molecule has 1 aliphatic rings. The van der Waals surface area contributed by atoms with Gasteiger partial charge in [0.05, 0.1) is 27.5 Å². The molecule has 0 radical (unpaired) electrons. The first kappa shape index (κ1) is 18.5. The second kappa shape index (κ2) is 6.97. The Hall–Kier alpha value is -2.82. The highest BCUT2D eigenvalue weighted by Gasteiger charge is 2.33. The van der Waals surface area contributed by atoms with Gasteiger partial charge in [0.25, 0.3) is 0 Å². The van der Waals surface area contributed by atoms with Gasteiger partial charge in [0, 0.05) is 42.6 Å². The molecule has 28 heavy (non-hydrogen) atoms. The van der Waals surface area contributed by atoms with Crippen molar-refractivity contribution in [2.75, 3.05) is 11.9 Å². The number of rotatable bonds is 3. The summed E-state index contributed by atoms with van der Waals surface area (Å²) in [7, 11) is 3.57. The van der Waals surface area contributed by atoms with E-state index in [1.54, 1.807) is 48.0 Å². The van der Waals surface area contributed by atoms with Crippen LogP contribution in [0.5, 0.6) is 0 Å². The molecule has 2 aromatic carbocycles. The number of para-hydroxylation sites is 1. The summed E-state index contributed by atoms with van der Waals surface area (Å²) < 4.78 is 1.76. The van der Waals surface area contributed by atoms with Gasteiger partial charge in [0.1, 0.15) is 0 Å². The number of likely N-dealkylation sites (N-methyl/N-ethyl adjacent to an activating group) is 1. The van der Waals surface area contributed by atoms with Crippen molar-refractivity contribution < 1.29 is 9.59 Å². The van der Waals surface area contributed by atoms with E-state index < -0.39 is 0 Å². The Labute approximate surface area is 172 Å². The molecule has 0 aliphatic heterocycles. The fourth-order valence-electron chi connectivity index (χ4n) is 3.49. The topological polar surface area (TPSA) is 42.3 Å². The van der Waals surface area contributed by atoms with Crippen molar-refractivity contribution in [3.63, 3.8) is 0 Å². The molecule has 3 aromatic rings. The van der Waals surface area contributed by atoms with Gasteiger partial charge in [-0.25, -0.2) is 0 Å². The lowest BCUT2D eigenvalue weighted by Crippen LogP contribution is -2.28. The van der Waals surface area contributed by atoms with E-state index in [0.717, 1.165) is 5.69 Å². The predicted molar refractivity (Wildman–Crippen MR) is 112 cm³/mol. The average Bonchev–Trinajstić information content (AvgIpc) is 3.03. The van der Waals surface area contributed by atoms with Gasteiger partial charge in [-0.3, -0.25) is 9.59 Å². The molecule has 0 fully saturated rings. The molecule has 0 saturated heterocycles. The minimum Gasteiger partial charge on any atom is -0.349 e. The number of benzene rings is 2. The molecular weight excluding hydrogens is 395 g/mol. The van der Waals surface area contributed by atoms with E-state index in [1.165, 1.54) is 6.08 Å². The lowest BCUT2D eigenvalue weighted by molar-refractivity contribution is 0.0984. The van der Waals surface area contributed by atoms with E-state index in [4.69, 9.17) is 23.2 Å². The van der Waals surface area contributed by atoms with Crippen molar-refractivity contribution in [3.05, 3.63) is 87.7 Å². The van der Waals surface area contributed by atoms with Crippen molar-refractivity contribution in [3.8, 4) is 11.3 Å². The summed E-state index contributed by atoms with van der Waals surface area (Å²) in [6.45, 7) is 0. The third-order valence-corrected chi connectivity index (χ3v) is 5.41. The van der Waals surface area contributed by atoms with Crippen LogP contribution in [-0.2, 0) is 7.05 Å². The van der Waals surface area contributed by atoms with Crippen molar-refractivity contribution in [2.45, 2.75) is 0 Å². The minimum atomic E-state index is -0.228. The van der Waals surface area contributed by atoms with Crippen molar-refractivity contribution >= 4 is 40.5 Å². The molecule has 0 amide bonds. The number of carbonyl (C=O) groups excluding carboxylic acids is 2. The molecule has 0 bridgehead atoms. The van der Waals surface area contributed by atoms with Gasteiger partial charge < -0.3 is 9.47 Å². The van der Waals surface area contributed by atoms with Crippen LogP contribution < -0.4 is 4.90 Å².